The molecule has 2 N–H and O–H groups in total. The molecule has 21 heavy (non-hydrogen) atoms. The predicted molar refractivity (Wildman–Crippen MR) is 84.8 cm³/mol. The molecule has 0 heterocycles. The lowest BCUT2D eigenvalue weighted by molar-refractivity contribution is 0.0949. The molecular formula is C17H27NO3. The maximum atomic E-state index is 12.5. The molecule has 1 rings (SSSR count). The Morgan fingerprint density at radius 2 is 1.95 bits per heavy atom. The highest BCUT2D eigenvalue weighted by atomic mass is 16.5. The SMILES string of the molecule is COCCOc1ccccc1C(=O)CC(CN)CC(C)C. The van der Waals surface area contributed by atoms with Gasteiger partial charge in [0.05, 0.1) is 12.2 Å². The number of Topliss-reactive ketones (excluding diaryl/α,β-unsaturated/α-hetero) is 1. The van der Waals surface area contributed by atoms with Crippen LogP contribution in [0.25, 0.3) is 0 Å². The molecule has 0 aliphatic heterocycles. The van der Waals surface area contributed by atoms with Crippen LogP contribution in [0.4, 0.5) is 0 Å². The van der Waals surface area contributed by atoms with Gasteiger partial charge in [-0.05, 0) is 36.9 Å². The molecule has 118 valence electrons. The number of ether oxygens (including phenoxy) is 2. The van der Waals surface area contributed by atoms with Gasteiger partial charge >= 0.3 is 0 Å². The Labute approximate surface area is 127 Å². The molecule has 1 atom stereocenters. The Bertz CT molecular complexity index is 432. The summed E-state index contributed by atoms with van der Waals surface area (Å²) < 4.78 is 10.6. The molecule has 0 radical (unpaired) electrons. The molecule has 4 heteroatoms. The fraction of sp³-hybridized carbons (Fsp3) is 0.588. The first-order valence-electron chi connectivity index (χ1n) is 7.52. The lowest BCUT2D eigenvalue weighted by atomic mass is 9.90. The van der Waals surface area contributed by atoms with Gasteiger partial charge in [-0.25, -0.2) is 0 Å². The van der Waals surface area contributed by atoms with Gasteiger partial charge < -0.3 is 15.2 Å². The van der Waals surface area contributed by atoms with E-state index in [0.29, 0.717) is 43.4 Å². The molecule has 0 fully saturated rings. The van der Waals surface area contributed by atoms with Crippen LogP contribution in [0.2, 0.25) is 0 Å². The molecule has 1 aromatic rings. The molecular weight excluding hydrogens is 266 g/mol. The number of hydrogen-bond donors (Lipinski definition) is 1. The molecule has 4 nitrogen and oxygen atoms in total. The maximum absolute atomic E-state index is 12.5. The largest absolute Gasteiger partial charge is 0.490 e. The van der Waals surface area contributed by atoms with E-state index in [9.17, 15) is 4.79 Å². The Balaban J connectivity index is 2.72. The van der Waals surface area contributed by atoms with Crippen LogP contribution in [0.3, 0.4) is 0 Å². The lowest BCUT2D eigenvalue weighted by Gasteiger charge is -2.17. The predicted octanol–water partition coefficient (Wildman–Crippen LogP) is 2.91. The first-order valence-corrected chi connectivity index (χ1v) is 7.52. The van der Waals surface area contributed by atoms with E-state index in [2.05, 4.69) is 13.8 Å². The molecule has 0 aliphatic carbocycles. The molecule has 0 bridgehead atoms. The Hall–Kier alpha value is -1.39. The van der Waals surface area contributed by atoms with Gasteiger partial charge in [0.2, 0.25) is 0 Å². The number of para-hydroxylation sites is 1. The number of rotatable bonds is 10. The fourth-order valence-corrected chi connectivity index (χ4v) is 2.36. The number of nitrogens with two attached hydrogens (primary N) is 1. The van der Waals surface area contributed by atoms with Gasteiger partial charge in [-0.3, -0.25) is 4.79 Å². The standard InChI is InChI=1S/C17H27NO3/c1-13(2)10-14(12-18)11-16(19)15-6-4-5-7-17(15)21-9-8-20-3/h4-7,13-14H,8-12,18H2,1-3H3. The number of carbonyl (C=O) groups is 1. The highest BCUT2D eigenvalue weighted by molar-refractivity contribution is 5.98. The van der Waals surface area contributed by atoms with E-state index in [0.717, 1.165) is 6.42 Å². The minimum atomic E-state index is 0.0964. The van der Waals surface area contributed by atoms with E-state index in [1.165, 1.54) is 0 Å². The zero-order valence-electron chi connectivity index (χ0n) is 13.3. The fourth-order valence-electron chi connectivity index (χ4n) is 2.36. The van der Waals surface area contributed by atoms with Crippen molar-refractivity contribution in [1.82, 2.24) is 0 Å². The summed E-state index contributed by atoms with van der Waals surface area (Å²) in [4.78, 5) is 12.5. The normalized spacial score (nSPS) is 12.4. The van der Waals surface area contributed by atoms with Crippen LogP contribution >= 0.6 is 0 Å². The average Bonchev–Trinajstić information content (AvgIpc) is 2.46. The number of benzene rings is 1. The van der Waals surface area contributed by atoms with Gasteiger partial charge in [-0.15, -0.1) is 0 Å². The monoisotopic (exact) mass is 293 g/mol. The van der Waals surface area contributed by atoms with Crippen molar-refractivity contribution in [3.8, 4) is 5.75 Å². The summed E-state index contributed by atoms with van der Waals surface area (Å²) >= 11 is 0. The number of ketones is 1. The smallest absolute Gasteiger partial charge is 0.166 e. The Morgan fingerprint density at radius 1 is 1.24 bits per heavy atom. The van der Waals surface area contributed by atoms with E-state index in [4.69, 9.17) is 15.2 Å². The van der Waals surface area contributed by atoms with Crippen LogP contribution in [0.1, 0.15) is 37.0 Å². The van der Waals surface area contributed by atoms with Crippen molar-refractivity contribution >= 4 is 5.78 Å². The number of methoxy groups -OCH3 is 1. The van der Waals surface area contributed by atoms with Gasteiger partial charge in [0, 0.05) is 13.5 Å². The van der Waals surface area contributed by atoms with Crippen molar-refractivity contribution in [2.45, 2.75) is 26.7 Å². The summed E-state index contributed by atoms with van der Waals surface area (Å²) in [6, 6.07) is 7.36. The second kappa shape index (κ2) is 9.53. The summed E-state index contributed by atoms with van der Waals surface area (Å²) in [7, 11) is 1.62. The topological polar surface area (TPSA) is 61.5 Å². The van der Waals surface area contributed by atoms with E-state index >= 15 is 0 Å². The van der Waals surface area contributed by atoms with Crippen molar-refractivity contribution in [2.75, 3.05) is 26.9 Å². The molecule has 0 aliphatic rings. The van der Waals surface area contributed by atoms with Crippen molar-refractivity contribution < 1.29 is 14.3 Å². The molecule has 0 saturated carbocycles. The first kappa shape index (κ1) is 17.7. The Kier molecular flexibility index (Phi) is 8.01. The van der Waals surface area contributed by atoms with Crippen LogP contribution in [0, 0.1) is 11.8 Å². The summed E-state index contributed by atoms with van der Waals surface area (Å²) in [6.45, 7) is 5.77. The second-order valence-corrected chi connectivity index (χ2v) is 5.70. The van der Waals surface area contributed by atoms with Crippen LogP contribution in [-0.4, -0.2) is 32.7 Å². The van der Waals surface area contributed by atoms with Crippen molar-refractivity contribution in [3.05, 3.63) is 29.8 Å². The van der Waals surface area contributed by atoms with Crippen LogP contribution in [0.15, 0.2) is 24.3 Å². The minimum absolute atomic E-state index is 0.0964. The lowest BCUT2D eigenvalue weighted by Crippen LogP contribution is -2.20. The molecule has 1 aromatic carbocycles. The molecule has 0 spiro atoms. The average molecular weight is 293 g/mol. The summed E-state index contributed by atoms with van der Waals surface area (Å²) in [6.07, 6.45) is 1.44. The van der Waals surface area contributed by atoms with Crippen molar-refractivity contribution in [2.24, 2.45) is 17.6 Å². The van der Waals surface area contributed by atoms with E-state index in [1.807, 2.05) is 24.3 Å². The zero-order chi connectivity index (χ0) is 15.7. The zero-order valence-corrected chi connectivity index (χ0v) is 13.3. The maximum Gasteiger partial charge on any atom is 0.166 e. The third kappa shape index (κ3) is 6.27. The molecule has 0 aromatic heterocycles. The quantitative estimate of drug-likeness (QED) is 0.532. The third-order valence-corrected chi connectivity index (χ3v) is 3.34. The van der Waals surface area contributed by atoms with Gasteiger partial charge in [-0.1, -0.05) is 26.0 Å². The van der Waals surface area contributed by atoms with Gasteiger partial charge in [0.25, 0.3) is 0 Å². The minimum Gasteiger partial charge on any atom is -0.490 e. The van der Waals surface area contributed by atoms with E-state index in [-0.39, 0.29) is 11.7 Å². The van der Waals surface area contributed by atoms with Gasteiger partial charge in [0.1, 0.15) is 12.4 Å². The molecule has 0 amide bonds. The highest BCUT2D eigenvalue weighted by Crippen LogP contribution is 2.23. The summed E-state index contributed by atoms with van der Waals surface area (Å²) in [5.41, 5.74) is 6.42. The molecule has 0 saturated heterocycles. The Morgan fingerprint density at radius 3 is 2.57 bits per heavy atom. The highest BCUT2D eigenvalue weighted by Gasteiger charge is 2.18. The summed E-state index contributed by atoms with van der Waals surface area (Å²) in [5, 5.41) is 0. The van der Waals surface area contributed by atoms with E-state index < -0.39 is 0 Å². The molecule has 1 unspecified atom stereocenters. The third-order valence-electron chi connectivity index (χ3n) is 3.34. The second-order valence-electron chi connectivity index (χ2n) is 5.70. The van der Waals surface area contributed by atoms with Crippen LogP contribution in [0.5, 0.6) is 5.75 Å². The first-order chi connectivity index (χ1) is 10.1. The van der Waals surface area contributed by atoms with Crippen molar-refractivity contribution in [3.63, 3.8) is 0 Å². The van der Waals surface area contributed by atoms with E-state index in [1.54, 1.807) is 7.11 Å². The number of hydrogen-bond acceptors (Lipinski definition) is 4. The van der Waals surface area contributed by atoms with Crippen molar-refractivity contribution in [1.29, 1.82) is 0 Å². The van der Waals surface area contributed by atoms with Crippen LogP contribution in [-0.2, 0) is 4.74 Å². The van der Waals surface area contributed by atoms with Gasteiger partial charge in [0.15, 0.2) is 5.78 Å². The van der Waals surface area contributed by atoms with Crippen LogP contribution < -0.4 is 10.5 Å². The van der Waals surface area contributed by atoms with Gasteiger partial charge in [-0.2, -0.15) is 0 Å². The summed E-state index contributed by atoms with van der Waals surface area (Å²) in [5.74, 6) is 1.49. The number of carbonyl (C=O) groups excluding carboxylic acids is 1.